The molecule has 0 unspecified atom stereocenters. The Hall–Kier alpha value is -3.15. The number of rotatable bonds is 4. The number of amides is 1. The Morgan fingerprint density at radius 2 is 1.71 bits per heavy atom. The summed E-state index contributed by atoms with van der Waals surface area (Å²) in [6.07, 6.45) is 5.53. The summed E-state index contributed by atoms with van der Waals surface area (Å²) in [5, 5.41) is 4.17. The molecule has 0 bridgehead atoms. The lowest BCUT2D eigenvalue weighted by atomic mass is 9.86. The summed E-state index contributed by atoms with van der Waals surface area (Å²) >= 11 is 1.65. The van der Waals surface area contributed by atoms with Gasteiger partial charge in [0, 0.05) is 32.0 Å². The zero-order valence-electron chi connectivity index (χ0n) is 20.6. The quantitative estimate of drug-likeness (QED) is 0.435. The van der Waals surface area contributed by atoms with E-state index in [2.05, 4.69) is 85.6 Å². The molecule has 2 aliphatic rings. The predicted molar refractivity (Wildman–Crippen MR) is 144 cm³/mol. The first kappa shape index (κ1) is 23.6. The third kappa shape index (κ3) is 5.12. The number of hydrogen-bond acceptors (Lipinski definition) is 4. The van der Waals surface area contributed by atoms with Crippen LogP contribution in [0.25, 0.3) is 11.3 Å². The van der Waals surface area contributed by atoms with E-state index >= 15 is 0 Å². The monoisotopic (exact) mass is 484 g/mol. The van der Waals surface area contributed by atoms with Crippen molar-refractivity contribution in [3.05, 3.63) is 106 Å². The molecule has 35 heavy (non-hydrogen) atoms. The number of likely N-dealkylation sites (tertiary alicyclic amines) is 1. The summed E-state index contributed by atoms with van der Waals surface area (Å²) in [7, 11) is 0. The van der Waals surface area contributed by atoms with Crippen LogP contribution >= 0.6 is 11.3 Å². The van der Waals surface area contributed by atoms with Gasteiger partial charge in [-0.1, -0.05) is 75.4 Å². The third-order valence-electron chi connectivity index (χ3n) is 6.94. The van der Waals surface area contributed by atoms with Gasteiger partial charge in [0.25, 0.3) is 0 Å². The Kier molecular flexibility index (Phi) is 6.39. The molecule has 3 heterocycles. The van der Waals surface area contributed by atoms with Gasteiger partial charge >= 0.3 is 0 Å². The van der Waals surface area contributed by atoms with Gasteiger partial charge in [-0.3, -0.25) is 15.1 Å². The summed E-state index contributed by atoms with van der Waals surface area (Å²) < 4.78 is 0. The molecule has 2 aliphatic heterocycles. The van der Waals surface area contributed by atoms with Crippen LogP contribution in [-0.4, -0.2) is 29.5 Å². The van der Waals surface area contributed by atoms with Crippen LogP contribution in [0.1, 0.15) is 55.9 Å². The molecule has 4 nitrogen and oxygen atoms in total. The first-order valence-corrected chi connectivity index (χ1v) is 13.1. The Morgan fingerprint density at radius 1 is 1.00 bits per heavy atom. The van der Waals surface area contributed by atoms with Gasteiger partial charge in [-0.25, -0.2) is 0 Å². The molecule has 1 spiro atoms. The zero-order chi connectivity index (χ0) is 24.5. The van der Waals surface area contributed by atoms with Crippen molar-refractivity contribution in [3.63, 3.8) is 0 Å². The minimum atomic E-state index is -0.357. The van der Waals surface area contributed by atoms with E-state index < -0.39 is 0 Å². The fourth-order valence-electron chi connectivity index (χ4n) is 4.71. The lowest BCUT2D eigenvalue weighted by molar-refractivity contribution is -0.131. The number of carbonyl (C=O) groups is 1. The molecule has 1 saturated heterocycles. The van der Waals surface area contributed by atoms with E-state index in [0.717, 1.165) is 40.8 Å². The average molecular weight is 485 g/mol. The van der Waals surface area contributed by atoms with E-state index in [-0.39, 0.29) is 16.9 Å². The minimum absolute atomic E-state index is 0.0548. The topological polar surface area (TPSA) is 41.6 Å². The van der Waals surface area contributed by atoms with Crippen molar-refractivity contribution in [1.82, 2.24) is 10.4 Å². The van der Waals surface area contributed by atoms with Gasteiger partial charge in [0.1, 0.15) is 5.60 Å². The van der Waals surface area contributed by atoms with Gasteiger partial charge < -0.3 is 4.90 Å². The van der Waals surface area contributed by atoms with Crippen molar-refractivity contribution >= 4 is 28.5 Å². The van der Waals surface area contributed by atoms with Gasteiger partial charge in [0.2, 0.25) is 5.91 Å². The van der Waals surface area contributed by atoms with Crippen LogP contribution in [0.3, 0.4) is 0 Å². The number of benzene rings is 2. The fraction of sp³-hybridized carbons (Fsp3) is 0.300. The average Bonchev–Trinajstić information content (AvgIpc) is 3.54. The smallest absolute Gasteiger partial charge is 0.247 e. The molecule has 5 rings (SSSR count). The molecule has 1 amide bonds. The molecule has 1 N–H and O–H groups in total. The van der Waals surface area contributed by atoms with E-state index in [9.17, 15) is 4.79 Å². The first-order valence-electron chi connectivity index (χ1n) is 12.2. The van der Waals surface area contributed by atoms with Crippen molar-refractivity contribution in [2.45, 2.75) is 44.6 Å². The van der Waals surface area contributed by atoms with Gasteiger partial charge in [0.05, 0.1) is 5.70 Å². The number of nitrogens with one attached hydrogen (secondary N) is 1. The number of hydroxylamine groups is 1. The van der Waals surface area contributed by atoms with Crippen LogP contribution in [0.15, 0.2) is 83.6 Å². The molecule has 180 valence electrons. The second-order valence-corrected chi connectivity index (χ2v) is 11.2. The van der Waals surface area contributed by atoms with Gasteiger partial charge in [-0.2, -0.15) is 11.3 Å². The predicted octanol–water partition coefficient (Wildman–Crippen LogP) is 6.41. The molecule has 0 aliphatic carbocycles. The SMILES string of the molecule is CC(C)(C)c1ccc(C(=CC(=O)N2CCC3(C=C(c4ccccc4)NO3)CC2)c2ccsc2)cc1. The number of hydrogen-bond donors (Lipinski definition) is 1. The summed E-state index contributed by atoms with van der Waals surface area (Å²) in [5.41, 5.74) is 9.37. The van der Waals surface area contributed by atoms with Crippen LogP contribution < -0.4 is 5.48 Å². The molecule has 0 saturated carbocycles. The van der Waals surface area contributed by atoms with Crippen molar-refractivity contribution < 1.29 is 9.63 Å². The van der Waals surface area contributed by atoms with E-state index in [0.29, 0.717) is 13.1 Å². The Labute approximate surface area is 211 Å². The highest BCUT2D eigenvalue weighted by Crippen LogP contribution is 2.35. The first-order chi connectivity index (χ1) is 16.8. The standard InChI is InChI=1S/C30H32N2O2S/c1-29(2,3)25-11-9-22(10-12-25)26(24-13-18-35-21-24)19-28(33)32-16-14-30(15-17-32)20-27(31-34-30)23-7-5-4-6-8-23/h4-13,18-21,31H,14-17H2,1-3H3. The fourth-order valence-corrected chi connectivity index (χ4v) is 5.36. The normalized spacial score (nSPS) is 17.9. The second kappa shape index (κ2) is 9.48. The molecular weight excluding hydrogens is 452 g/mol. The molecule has 0 radical (unpaired) electrons. The van der Waals surface area contributed by atoms with E-state index in [1.54, 1.807) is 11.3 Å². The lowest BCUT2D eigenvalue weighted by Crippen LogP contribution is -2.46. The molecule has 1 fully saturated rings. The van der Waals surface area contributed by atoms with Crippen molar-refractivity contribution in [3.8, 4) is 0 Å². The van der Waals surface area contributed by atoms with Crippen LogP contribution in [0.2, 0.25) is 0 Å². The molecule has 0 atom stereocenters. The third-order valence-corrected chi connectivity index (χ3v) is 7.62. The van der Waals surface area contributed by atoms with Gasteiger partial charge in [-0.15, -0.1) is 0 Å². The van der Waals surface area contributed by atoms with E-state index in [1.807, 2.05) is 29.2 Å². The molecule has 5 heteroatoms. The maximum atomic E-state index is 13.4. The summed E-state index contributed by atoms with van der Waals surface area (Å²) in [6, 6.07) is 20.9. The van der Waals surface area contributed by atoms with Gasteiger partial charge in [0.15, 0.2) is 0 Å². The maximum absolute atomic E-state index is 13.4. The van der Waals surface area contributed by atoms with Crippen molar-refractivity contribution in [2.75, 3.05) is 13.1 Å². The summed E-state index contributed by atoms with van der Waals surface area (Å²) in [5.74, 6) is 0.0548. The number of carbonyl (C=O) groups excluding carboxylic acids is 1. The highest BCUT2D eigenvalue weighted by Gasteiger charge is 2.39. The van der Waals surface area contributed by atoms with Gasteiger partial charge in [-0.05, 0) is 56.1 Å². The number of piperidine rings is 1. The molecular formula is C30H32N2O2S. The lowest BCUT2D eigenvalue weighted by Gasteiger charge is -2.36. The largest absolute Gasteiger partial charge is 0.339 e. The zero-order valence-corrected chi connectivity index (χ0v) is 21.4. The minimum Gasteiger partial charge on any atom is -0.339 e. The second-order valence-electron chi connectivity index (χ2n) is 10.4. The number of thiophene rings is 1. The number of nitrogens with zero attached hydrogens (tertiary/aromatic N) is 1. The van der Waals surface area contributed by atoms with E-state index in [4.69, 9.17) is 4.84 Å². The van der Waals surface area contributed by atoms with Crippen molar-refractivity contribution in [2.24, 2.45) is 0 Å². The molecule has 3 aromatic rings. The van der Waals surface area contributed by atoms with Crippen molar-refractivity contribution in [1.29, 1.82) is 0 Å². The van der Waals surface area contributed by atoms with E-state index in [1.165, 1.54) is 5.56 Å². The van der Waals surface area contributed by atoms with Crippen LogP contribution in [0, 0.1) is 0 Å². The maximum Gasteiger partial charge on any atom is 0.247 e. The summed E-state index contributed by atoms with van der Waals surface area (Å²) in [6.45, 7) is 7.97. The van der Waals surface area contributed by atoms with Crippen LogP contribution in [-0.2, 0) is 15.0 Å². The highest BCUT2D eigenvalue weighted by atomic mass is 32.1. The Bertz CT molecular complexity index is 1230. The highest BCUT2D eigenvalue weighted by molar-refractivity contribution is 7.08. The Morgan fingerprint density at radius 3 is 2.34 bits per heavy atom. The molecule has 1 aromatic heterocycles. The van der Waals surface area contributed by atoms with Crippen LogP contribution in [0.5, 0.6) is 0 Å². The molecule has 2 aromatic carbocycles. The van der Waals surface area contributed by atoms with Crippen LogP contribution in [0.4, 0.5) is 0 Å². The Balaban J connectivity index is 1.32. The summed E-state index contributed by atoms with van der Waals surface area (Å²) in [4.78, 5) is 21.3.